The van der Waals surface area contributed by atoms with E-state index in [1.54, 1.807) is 0 Å². The molecule has 5 atom stereocenters. The predicted octanol–water partition coefficient (Wildman–Crippen LogP) is 4.75. The van der Waals surface area contributed by atoms with Crippen molar-refractivity contribution in [3.8, 4) is 11.5 Å². The quantitative estimate of drug-likeness (QED) is 0.599. The maximum absolute atomic E-state index is 12.2. The van der Waals surface area contributed by atoms with E-state index in [0.29, 0.717) is 24.0 Å². The number of carbonyl (C=O) groups is 1. The third-order valence-corrected chi connectivity index (χ3v) is 9.81. The fourth-order valence-electron chi connectivity index (χ4n) is 9.05. The normalized spacial score (nSPS) is 42.1. The van der Waals surface area contributed by atoms with Crippen LogP contribution in [0.4, 0.5) is 4.79 Å². The molecule has 5 fully saturated rings. The summed E-state index contributed by atoms with van der Waals surface area (Å²) >= 11 is 0. The molecule has 4 bridgehead atoms. The highest BCUT2D eigenvalue weighted by molar-refractivity contribution is 5.68. The number of aliphatic hydroxyl groups is 1. The zero-order valence-electron chi connectivity index (χ0n) is 20.0. The first-order chi connectivity index (χ1) is 15.6. The molecule has 6 nitrogen and oxygen atoms in total. The lowest BCUT2D eigenvalue weighted by atomic mass is 9.45. The number of amides is 1. The van der Waals surface area contributed by atoms with Gasteiger partial charge in [-0.05, 0) is 107 Å². The first-order valence-electron chi connectivity index (χ1n) is 12.7. The average molecular weight is 456 g/mol. The number of nitrogens with one attached hydrogen (secondary N) is 1. The lowest BCUT2D eigenvalue weighted by molar-refractivity contribution is -0.0410. The van der Waals surface area contributed by atoms with Crippen LogP contribution < -0.4 is 10.1 Å². The maximum atomic E-state index is 12.2. The number of hydrogen-bond donors (Lipinski definition) is 3. The van der Waals surface area contributed by atoms with Crippen LogP contribution in [-0.2, 0) is 10.2 Å². The van der Waals surface area contributed by atoms with Crippen molar-refractivity contribution in [3.63, 3.8) is 0 Å². The summed E-state index contributed by atoms with van der Waals surface area (Å²) in [7, 11) is 1.43. The van der Waals surface area contributed by atoms with E-state index < -0.39 is 0 Å². The molecule has 1 aromatic carbocycles. The Balaban J connectivity index is 1.41. The topological polar surface area (TPSA) is 88.0 Å². The van der Waals surface area contributed by atoms with Gasteiger partial charge in [-0.1, -0.05) is 0 Å². The van der Waals surface area contributed by atoms with Crippen LogP contribution in [0.25, 0.3) is 0 Å². The molecule has 33 heavy (non-hydrogen) atoms. The standard InChI is InChI=1S/C27H37NO5/c1-25(2)20-5-4-18(29)9-19(20)23-21(30)7-17(8-22(23)33-25)26-10-15-6-16(11-26)13-27(12-15,14-26)28-24(31)32-3/h7-8,15-16,18-20,29-30H,4-6,9-14H2,1-3H3,(H,28,31)/t15?,16?,18-,19-,20-,26?,27?/m1/s1. The average Bonchev–Trinajstić information content (AvgIpc) is 2.71. The molecular formula is C27H37NO5. The van der Waals surface area contributed by atoms with Crippen molar-refractivity contribution in [1.82, 2.24) is 5.32 Å². The zero-order chi connectivity index (χ0) is 23.2. The van der Waals surface area contributed by atoms with Crippen LogP contribution in [0.15, 0.2) is 12.1 Å². The Morgan fingerprint density at radius 3 is 2.55 bits per heavy atom. The smallest absolute Gasteiger partial charge is 0.407 e. The second-order valence-corrected chi connectivity index (χ2v) is 12.4. The van der Waals surface area contributed by atoms with E-state index in [0.717, 1.165) is 61.8 Å². The highest BCUT2D eigenvalue weighted by Gasteiger charge is 2.59. The summed E-state index contributed by atoms with van der Waals surface area (Å²) in [6.07, 6.45) is 8.07. The van der Waals surface area contributed by atoms with E-state index in [1.165, 1.54) is 13.5 Å². The molecule has 3 N–H and O–H groups in total. The molecule has 6 heteroatoms. The van der Waals surface area contributed by atoms with Crippen molar-refractivity contribution in [1.29, 1.82) is 0 Å². The number of methoxy groups -OCH3 is 1. The highest BCUT2D eigenvalue weighted by atomic mass is 16.5. The Kier molecular flexibility index (Phi) is 4.60. The van der Waals surface area contributed by atoms with Crippen LogP contribution in [0.3, 0.4) is 0 Å². The molecule has 2 unspecified atom stereocenters. The minimum atomic E-state index is -0.340. The van der Waals surface area contributed by atoms with E-state index in [2.05, 4.69) is 25.2 Å². The van der Waals surface area contributed by atoms with Crippen LogP contribution in [0, 0.1) is 17.8 Å². The molecule has 7 rings (SSSR count). The molecule has 1 amide bonds. The molecule has 5 saturated carbocycles. The second-order valence-electron chi connectivity index (χ2n) is 12.4. The number of aromatic hydroxyl groups is 1. The number of carbonyl (C=O) groups excluding carboxylic acids is 1. The Bertz CT molecular complexity index is 973. The summed E-state index contributed by atoms with van der Waals surface area (Å²) in [5.74, 6) is 2.67. The highest BCUT2D eigenvalue weighted by Crippen LogP contribution is 2.64. The van der Waals surface area contributed by atoms with Gasteiger partial charge in [0, 0.05) is 22.9 Å². The minimum Gasteiger partial charge on any atom is -0.508 e. The molecule has 180 valence electrons. The lowest BCUT2D eigenvalue weighted by Crippen LogP contribution is -2.64. The summed E-state index contributed by atoms with van der Waals surface area (Å²) in [6.45, 7) is 4.30. The van der Waals surface area contributed by atoms with E-state index >= 15 is 0 Å². The Morgan fingerprint density at radius 2 is 1.85 bits per heavy atom. The molecule has 6 aliphatic rings. The van der Waals surface area contributed by atoms with Crippen molar-refractivity contribution < 1.29 is 24.5 Å². The van der Waals surface area contributed by atoms with Crippen LogP contribution in [-0.4, -0.2) is 40.7 Å². The molecule has 0 spiro atoms. The first kappa shape index (κ1) is 21.6. The molecule has 0 saturated heterocycles. The molecule has 1 aromatic rings. The van der Waals surface area contributed by atoms with E-state index in [1.807, 2.05) is 6.07 Å². The molecule has 1 aliphatic heterocycles. The Morgan fingerprint density at radius 1 is 1.12 bits per heavy atom. The van der Waals surface area contributed by atoms with Gasteiger partial charge in [-0.2, -0.15) is 0 Å². The molecule has 1 heterocycles. The number of phenols is 1. The number of aliphatic hydroxyl groups excluding tert-OH is 1. The number of phenolic OH excluding ortho intramolecular Hbond substituents is 1. The van der Waals surface area contributed by atoms with Gasteiger partial charge in [-0.3, -0.25) is 0 Å². The molecule has 0 radical (unpaired) electrons. The number of ether oxygens (including phenoxy) is 2. The van der Waals surface area contributed by atoms with Crippen molar-refractivity contribution in [2.75, 3.05) is 7.11 Å². The number of hydrogen-bond acceptors (Lipinski definition) is 5. The number of benzene rings is 1. The monoisotopic (exact) mass is 455 g/mol. The summed E-state index contributed by atoms with van der Waals surface area (Å²) in [6, 6.07) is 4.17. The van der Waals surface area contributed by atoms with Crippen LogP contribution >= 0.6 is 0 Å². The summed E-state index contributed by atoms with van der Waals surface area (Å²) in [5, 5.41) is 24.9. The zero-order valence-corrected chi connectivity index (χ0v) is 20.0. The maximum Gasteiger partial charge on any atom is 0.407 e. The van der Waals surface area contributed by atoms with Gasteiger partial charge in [-0.15, -0.1) is 0 Å². The molecular weight excluding hydrogens is 418 g/mol. The minimum absolute atomic E-state index is 0.0615. The number of alkyl carbamates (subject to hydrolysis) is 1. The van der Waals surface area contributed by atoms with Gasteiger partial charge in [-0.25, -0.2) is 4.79 Å². The predicted molar refractivity (Wildman–Crippen MR) is 124 cm³/mol. The number of fused-ring (bicyclic) bond motifs is 3. The van der Waals surface area contributed by atoms with Gasteiger partial charge in [0.05, 0.1) is 13.2 Å². The van der Waals surface area contributed by atoms with Crippen molar-refractivity contribution in [2.45, 2.75) is 100 Å². The van der Waals surface area contributed by atoms with Gasteiger partial charge in [0.25, 0.3) is 0 Å². The Hall–Kier alpha value is -1.95. The molecule has 0 aromatic heterocycles. The fourth-order valence-corrected chi connectivity index (χ4v) is 9.05. The summed E-state index contributed by atoms with van der Waals surface area (Å²) in [4.78, 5) is 12.2. The van der Waals surface area contributed by atoms with E-state index in [9.17, 15) is 15.0 Å². The SMILES string of the molecule is COC(=O)NC12CC3CC(C1)CC(c1cc(O)c4c(c1)OC(C)(C)[C@@H]1CC[C@@H](O)C[C@@H]41)(C3)C2. The van der Waals surface area contributed by atoms with Gasteiger partial charge in [0.2, 0.25) is 0 Å². The third-order valence-electron chi connectivity index (χ3n) is 9.81. The first-order valence-corrected chi connectivity index (χ1v) is 12.7. The van der Waals surface area contributed by atoms with Crippen LogP contribution in [0.1, 0.15) is 88.7 Å². The molecule has 5 aliphatic carbocycles. The van der Waals surface area contributed by atoms with Crippen molar-refractivity contribution in [2.24, 2.45) is 17.8 Å². The third kappa shape index (κ3) is 3.27. The van der Waals surface area contributed by atoms with Crippen LogP contribution in [0.5, 0.6) is 11.5 Å². The Labute approximate surface area is 196 Å². The number of rotatable bonds is 2. The van der Waals surface area contributed by atoms with Gasteiger partial charge < -0.3 is 25.0 Å². The fraction of sp³-hybridized carbons (Fsp3) is 0.741. The second kappa shape index (κ2) is 7.03. The summed E-state index contributed by atoms with van der Waals surface area (Å²) in [5.41, 5.74) is 1.41. The van der Waals surface area contributed by atoms with Gasteiger partial charge >= 0.3 is 6.09 Å². The van der Waals surface area contributed by atoms with E-state index in [4.69, 9.17) is 9.47 Å². The van der Waals surface area contributed by atoms with Crippen molar-refractivity contribution in [3.05, 3.63) is 23.3 Å². The van der Waals surface area contributed by atoms with E-state index in [-0.39, 0.29) is 40.6 Å². The van der Waals surface area contributed by atoms with Gasteiger partial charge in [0.15, 0.2) is 0 Å². The van der Waals surface area contributed by atoms with Gasteiger partial charge in [0.1, 0.15) is 17.1 Å². The van der Waals surface area contributed by atoms with Crippen LogP contribution in [0.2, 0.25) is 0 Å². The summed E-state index contributed by atoms with van der Waals surface area (Å²) < 4.78 is 11.6. The van der Waals surface area contributed by atoms with Crippen molar-refractivity contribution >= 4 is 6.09 Å². The largest absolute Gasteiger partial charge is 0.508 e. The lowest BCUT2D eigenvalue weighted by Gasteiger charge is -2.62.